The Kier molecular flexibility index (Phi) is 182. The van der Waals surface area contributed by atoms with Gasteiger partial charge in [-0.2, -0.15) is 0 Å². The van der Waals surface area contributed by atoms with Gasteiger partial charge in [-0.3, -0.25) is 19.2 Å². The maximum absolute atomic E-state index is 9.00. The molecule has 14 heteroatoms. The smallest absolute Gasteiger partial charge is 0.300 e. The van der Waals surface area contributed by atoms with Crippen LogP contribution in [0.3, 0.4) is 0 Å². The molecule has 0 aromatic heterocycles. The van der Waals surface area contributed by atoms with Crippen molar-refractivity contribution in [3.63, 3.8) is 0 Å². The van der Waals surface area contributed by atoms with Gasteiger partial charge < -0.3 is 20.4 Å². The lowest BCUT2D eigenvalue weighted by Gasteiger charge is -1.59. The Morgan fingerprint density at radius 3 is 0.409 bits per heavy atom. The number of carboxylic acids is 4. The Balaban J connectivity index is -0.00000001000. The number of aliphatic carboxylic acids is 4. The first-order valence-electron chi connectivity index (χ1n) is 3.71. The van der Waals surface area contributed by atoms with Crippen molar-refractivity contribution in [1.29, 1.82) is 0 Å². The molecule has 0 spiro atoms. The van der Waals surface area contributed by atoms with E-state index < -0.39 is 23.9 Å². The van der Waals surface area contributed by atoms with Gasteiger partial charge in [0.05, 0.1) is 0 Å². The number of carboxylic acid groups (broad SMARTS) is 4. The van der Waals surface area contributed by atoms with Crippen LogP contribution in [0.5, 0.6) is 0 Å². The van der Waals surface area contributed by atoms with Gasteiger partial charge in [-0.25, -0.2) is 0 Å². The van der Waals surface area contributed by atoms with E-state index in [2.05, 4.69) is 0 Å². The van der Waals surface area contributed by atoms with Crippen molar-refractivity contribution in [2.24, 2.45) is 0 Å². The lowest BCUT2D eigenvalue weighted by atomic mass is 10.9. The molecule has 0 saturated carbocycles. The predicted octanol–water partition coefficient (Wildman–Crippen LogP) is 2.89. The normalized spacial score (nSPS) is 4.55. The Morgan fingerprint density at radius 2 is 0.409 bits per heavy atom. The van der Waals surface area contributed by atoms with Crippen molar-refractivity contribution in [3.8, 4) is 0 Å². The third kappa shape index (κ3) is 47100. The van der Waals surface area contributed by atoms with Crippen LogP contribution >= 0.6 is 74.4 Å². The van der Waals surface area contributed by atoms with Gasteiger partial charge in [0.1, 0.15) is 0 Å². The third-order valence-electron chi connectivity index (χ3n) is 0. The minimum atomic E-state index is -0.833. The van der Waals surface area contributed by atoms with Crippen molar-refractivity contribution < 1.29 is 39.6 Å². The van der Waals surface area contributed by atoms with E-state index in [9.17, 15) is 0 Å². The molecule has 4 N–H and O–H groups in total. The number of carbonyl (C=O) groups is 4. The van der Waals surface area contributed by atoms with Crippen LogP contribution in [0.15, 0.2) is 0 Å². The first-order valence-corrected chi connectivity index (χ1v) is 3.71. The van der Waals surface area contributed by atoms with Gasteiger partial charge in [-0.05, 0) is 0 Å². The van der Waals surface area contributed by atoms with E-state index in [0.29, 0.717) is 0 Å². The van der Waals surface area contributed by atoms with Crippen LogP contribution in [0.1, 0.15) is 27.7 Å². The molecule has 0 bridgehead atoms. The predicted molar refractivity (Wildman–Crippen MR) is 96.7 cm³/mol. The van der Waals surface area contributed by atoms with Crippen molar-refractivity contribution in [3.05, 3.63) is 0 Å². The van der Waals surface area contributed by atoms with Gasteiger partial charge in [-0.15, -0.1) is 74.4 Å². The summed E-state index contributed by atoms with van der Waals surface area (Å²) in [7, 11) is 0. The summed E-state index contributed by atoms with van der Waals surface area (Å²) in [5.74, 6) is -3.33. The summed E-state index contributed by atoms with van der Waals surface area (Å²) >= 11 is 0. The second kappa shape index (κ2) is 58.8. The molecule has 0 aliphatic carbocycles. The summed E-state index contributed by atoms with van der Waals surface area (Å²) in [5, 5.41) is 29.7. The highest BCUT2D eigenvalue weighted by Gasteiger charge is 1.66. The zero-order valence-corrected chi connectivity index (χ0v) is 16.8. The lowest BCUT2D eigenvalue weighted by molar-refractivity contribution is -0.135. The SMILES string of the molecule is CC(=O)O.CC(=O)O.CC(=O)O.CC(=O)O.Cl.Cl.Cl.Cl.Cl.Cl. The molecule has 0 rings (SSSR count). The van der Waals surface area contributed by atoms with Gasteiger partial charge >= 0.3 is 0 Å². The topological polar surface area (TPSA) is 149 Å². The molecule has 0 heterocycles. The molecular weight excluding hydrogens is 437 g/mol. The molecule has 22 heavy (non-hydrogen) atoms. The zero-order chi connectivity index (χ0) is 14.3. The van der Waals surface area contributed by atoms with Gasteiger partial charge in [0.25, 0.3) is 23.9 Å². The Morgan fingerprint density at radius 1 is 0.409 bits per heavy atom. The number of hydrogen-bond acceptors (Lipinski definition) is 4. The van der Waals surface area contributed by atoms with E-state index in [1.54, 1.807) is 0 Å². The quantitative estimate of drug-likeness (QED) is 0.432. The van der Waals surface area contributed by atoms with Crippen LogP contribution in [0.4, 0.5) is 0 Å². The zero-order valence-electron chi connectivity index (χ0n) is 11.9. The minimum absolute atomic E-state index is 0. The Bertz CT molecular complexity index is 175. The van der Waals surface area contributed by atoms with Crippen molar-refractivity contribution in [1.82, 2.24) is 0 Å². The lowest BCUT2D eigenvalue weighted by Crippen LogP contribution is -1.78. The van der Waals surface area contributed by atoms with Gasteiger partial charge in [-0.1, -0.05) is 0 Å². The number of hydrogen-bond donors (Lipinski definition) is 4. The second-order valence-electron chi connectivity index (χ2n) is 2.08. The van der Waals surface area contributed by atoms with Crippen LogP contribution in [0.2, 0.25) is 0 Å². The highest BCUT2D eigenvalue weighted by Crippen LogP contribution is 1.43. The highest BCUT2D eigenvalue weighted by atomic mass is 35.5. The molecule has 0 aliphatic rings. The second-order valence-corrected chi connectivity index (χ2v) is 2.08. The van der Waals surface area contributed by atoms with E-state index >= 15 is 0 Å². The largest absolute Gasteiger partial charge is 0.481 e. The van der Waals surface area contributed by atoms with Crippen molar-refractivity contribution in [2.75, 3.05) is 0 Å². The van der Waals surface area contributed by atoms with E-state index in [1.165, 1.54) is 0 Å². The summed E-state index contributed by atoms with van der Waals surface area (Å²) in [5.41, 5.74) is 0. The Labute approximate surface area is 165 Å². The molecule has 8 nitrogen and oxygen atoms in total. The Hall–Kier alpha value is -0.380. The molecule has 0 saturated heterocycles. The molecule has 0 radical (unpaired) electrons. The monoisotopic (exact) mass is 456 g/mol. The summed E-state index contributed by atoms with van der Waals surface area (Å²) in [4.78, 5) is 36.0. The molecule has 144 valence electrons. The summed E-state index contributed by atoms with van der Waals surface area (Å²) in [6, 6.07) is 0. The number of rotatable bonds is 0. The minimum Gasteiger partial charge on any atom is -0.481 e. The summed E-state index contributed by atoms with van der Waals surface area (Å²) < 4.78 is 0. The first-order chi connectivity index (χ1) is 6.93. The van der Waals surface area contributed by atoms with Crippen molar-refractivity contribution in [2.45, 2.75) is 27.7 Å². The summed E-state index contributed by atoms with van der Waals surface area (Å²) in [6.45, 7) is 4.33. The highest BCUT2D eigenvalue weighted by molar-refractivity contribution is 5.86. The van der Waals surface area contributed by atoms with Crippen LogP contribution in [-0.4, -0.2) is 44.3 Å². The van der Waals surface area contributed by atoms with Crippen LogP contribution in [0.25, 0.3) is 0 Å². The molecule has 0 aliphatic heterocycles. The molecule has 0 unspecified atom stereocenters. The van der Waals surface area contributed by atoms with Crippen molar-refractivity contribution >= 4 is 98.3 Å². The van der Waals surface area contributed by atoms with Crippen LogP contribution in [-0.2, 0) is 19.2 Å². The fourth-order valence-electron chi connectivity index (χ4n) is 0. The number of halogens is 6. The van der Waals surface area contributed by atoms with E-state index in [-0.39, 0.29) is 74.4 Å². The fraction of sp³-hybridized carbons (Fsp3) is 0.500. The fourth-order valence-corrected chi connectivity index (χ4v) is 0. The summed E-state index contributed by atoms with van der Waals surface area (Å²) in [6.07, 6.45) is 0. The molecule has 0 atom stereocenters. The molecule has 0 aromatic carbocycles. The molecular formula is C8H22Cl6O8. The molecule has 0 fully saturated rings. The van der Waals surface area contributed by atoms with Gasteiger partial charge in [0, 0.05) is 27.7 Å². The average Bonchev–Trinajstić information content (AvgIpc) is 1.76. The van der Waals surface area contributed by atoms with E-state index in [4.69, 9.17) is 39.6 Å². The van der Waals surface area contributed by atoms with Gasteiger partial charge in [0.15, 0.2) is 0 Å². The van der Waals surface area contributed by atoms with E-state index in [0.717, 1.165) is 27.7 Å². The molecule has 0 amide bonds. The maximum Gasteiger partial charge on any atom is 0.300 e. The van der Waals surface area contributed by atoms with Crippen LogP contribution in [0, 0.1) is 0 Å². The van der Waals surface area contributed by atoms with Gasteiger partial charge in [0.2, 0.25) is 0 Å². The first kappa shape index (κ1) is 68.1. The standard InChI is InChI=1S/4C2H4O2.6ClH/c4*1-2(3)4;;;;;;/h4*1H3,(H,3,4);6*1H. The third-order valence-corrected chi connectivity index (χ3v) is 0. The van der Waals surface area contributed by atoms with Crippen LogP contribution < -0.4 is 0 Å². The maximum atomic E-state index is 9.00. The molecule has 0 aromatic rings. The average molecular weight is 459 g/mol. The van der Waals surface area contributed by atoms with E-state index in [1.807, 2.05) is 0 Å².